The molecule has 5 rings (SSSR count). The molecule has 154 valence electrons. The number of aromatic amines is 1. The summed E-state index contributed by atoms with van der Waals surface area (Å²) in [6, 6.07) is 15.4. The molecule has 0 fully saturated rings. The van der Waals surface area contributed by atoms with Gasteiger partial charge in [0.15, 0.2) is 0 Å². The summed E-state index contributed by atoms with van der Waals surface area (Å²) in [5.74, 6) is 0.211. The van der Waals surface area contributed by atoms with Crippen LogP contribution >= 0.6 is 0 Å². The fraction of sp³-hybridized carbons (Fsp3) is 0.160. The summed E-state index contributed by atoms with van der Waals surface area (Å²) in [4.78, 5) is 15.9. The number of phenolic OH excluding ortho intramolecular Hbond substituents is 1. The smallest absolute Gasteiger partial charge is 0.256 e. The maximum absolute atomic E-state index is 13.0. The summed E-state index contributed by atoms with van der Waals surface area (Å²) < 4.78 is 0. The lowest BCUT2D eigenvalue weighted by Crippen LogP contribution is -2.09. The van der Waals surface area contributed by atoms with Crippen molar-refractivity contribution in [3.63, 3.8) is 0 Å². The normalized spacial score (nSPS) is 13.6. The predicted octanol–water partition coefficient (Wildman–Crippen LogP) is 4.10. The van der Waals surface area contributed by atoms with Crippen LogP contribution in [0.5, 0.6) is 5.75 Å². The van der Waals surface area contributed by atoms with Gasteiger partial charge >= 0.3 is 0 Å². The second-order valence-electron chi connectivity index (χ2n) is 7.79. The molecule has 2 heterocycles. The van der Waals surface area contributed by atoms with Crippen LogP contribution in [0.3, 0.4) is 0 Å². The fourth-order valence-electron chi connectivity index (χ4n) is 4.28. The first-order chi connectivity index (χ1) is 15.2. The Morgan fingerprint density at radius 1 is 0.968 bits per heavy atom. The molecule has 0 spiro atoms. The number of aromatic nitrogens is 1. The number of rotatable bonds is 5. The van der Waals surface area contributed by atoms with Crippen molar-refractivity contribution >= 4 is 34.0 Å². The zero-order chi connectivity index (χ0) is 21.4. The molecule has 0 aliphatic carbocycles. The largest absolute Gasteiger partial charge is 0.508 e. The average Bonchev–Trinajstić information content (AvgIpc) is 3.33. The molecule has 0 bridgehead atoms. The highest BCUT2D eigenvalue weighted by atomic mass is 16.3. The number of aryl methyl sites for hydroxylation is 1. The van der Waals surface area contributed by atoms with Crippen LogP contribution in [0.4, 0.5) is 0 Å². The molecule has 0 amide bonds. The molecule has 31 heavy (non-hydrogen) atoms. The number of hydrogen-bond acceptors (Lipinski definition) is 5. The van der Waals surface area contributed by atoms with Gasteiger partial charge in [0.2, 0.25) is 0 Å². The van der Waals surface area contributed by atoms with E-state index in [0.29, 0.717) is 11.9 Å². The Kier molecular flexibility index (Phi) is 4.84. The monoisotopic (exact) mass is 410 g/mol. The predicted molar refractivity (Wildman–Crippen MR) is 126 cm³/mol. The number of hydrogen-bond donors (Lipinski definition) is 3. The van der Waals surface area contributed by atoms with Gasteiger partial charge < -0.3 is 15.8 Å². The van der Waals surface area contributed by atoms with Gasteiger partial charge in [-0.05, 0) is 76.5 Å². The third kappa shape index (κ3) is 3.41. The van der Waals surface area contributed by atoms with Gasteiger partial charge in [-0.3, -0.25) is 4.79 Å². The van der Waals surface area contributed by atoms with Crippen LogP contribution < -0.4 is 11.3 Å². The van der Waals surface area contributed by atoms with Crippen molar-refractivity contribution < 1.29 is 5.11 Å². The lowest BCUT2D eigenvalue weighted by Gasteiger charge is -2.15. The van der Waals surface area contributed by atoms with Crippen LogP contribution in [0.2, 0.25) is 0 Å². The standard InChI is InChI=1S/C25H22N4O2/c26-9-1-2-17-11-22-23(15-3-6-19(30)7-4-15)14-27-25(31)24(22)21-10-16(5-8-20(17)21)18-12-28-29-13-18/h3-8,10-14,18,30H,1-2,9,26H2,(H,27,31). The molecular weight excluding hydrogens is 388 g/mol. The highest BCUT2D eigenvalue weighted by Crippen LogP contribution is 2.35. The number of nitrogens with zero attached hydrogens (tertiary/aromatic N) is 2. The number of aromatic hydroxyl groups is 1. The van der Waals surface area contributed by atoms with E-state index < -0.39 is 0 Å². The van der Waals surface area contributed by atoms with Crippen molar-refractivity contribution in [3.05, 3.63) is 76.2 Å². The maximum Gasteiger partial charge on any atom is 0.256 e. The van der Waals surface area contributed by atoms with E-state index in [1.165, 1.54) is 5.56 Å². The number of phenols is 1. The lowest BCUT2D eigenvalue weighted by molar-refractivity contribution is 0.475. The third-order valence-electron chi connectivity index (χ3n) is 5.85. The molecular formula is C25H22N4O2. The fourth-order valence-corrected chi connectivity index (χ4v) is 4.28. The van der Waals surface area contributed by atoms with Crippen molar-refractivity contribution in [2.24, 2.45) is 15.9 Å². The summed E-state index contributed by atoms with van der Waals surface area (Å²) in [5.41, 5.74) is 9.72. The Morgan fingerprint density at radius 2 is 1.74 bits per heavy atom. The molecule has 1 aliphatic rings. The zero-order valence-corrected chi connectivity index (χ0v) is 16.9. The van der Waals surface area contributed by atoms with Gasteiger partial charge in [0.1, 0.15) is 5.75 Å². The first-order valence-corrected chi connectivity index (χ1v) is 10.3. The number of pyridine rings is 1. The van der Waals surface area contributed by atoms with Gasteiger partial charge in [0.25, 0.3) is 5.56 Å². The highest BCUT2D eigenvalue weighted by Gasteiger charge is 2.17. The summed E-state index contributed by atoms with van der Waals surface area (Å²) >= 11 is 0. The summed E-state index contributed by atoms with van der Waals surface area (Å²) in [6.07, 6.45) is 7.04. The van der Waals surface area contributed by atoms with Crippen molar-refractivity contribution in [1.29, 1.82) is 0 Å². The first-order valence-electron chi connectivity index (χ1n) is 10.3. The van der Waals surface area contributed by atoms with E-state index in [-0.39, 0.29) is 17.2 Å². The Bertz CT molecular complexity index is 1390. The summed E-state index contributed by atoms with van der Waals surface area (Å²) in [7, 11) is 0. The Morgan fingerprint density at radius 3 is 2.48 bits per heavy atom. The second kappa shape index (κ2) is 7.81. The van der Waals surface area contributed by atoms with Crippen LogP contribution in [0.1, 0.15) is 23.5 Å². The summed E-state index contributed by atoms with van der Waals surface area (Å²) in [5, 5.41) is 21.1. The Labute approximate surface area is 178 Å². The van der Waals surface area contributed by atoms with E-state index >= 15 is 0 Å². The number of nitrogens with two attached hydrogens (primary N) is 1. The molecule has 1 aliphatic heterocycles. The van der Waals surface area contributed by atoms with E-state index in [1.54, 1.807) is 30.8 Å². The molecule has 4 aromatic rings. The van der Waals surface area contributed by atoms with Gasteiger partial charge in [-0.1, -0.05) is 24.3 Å². The molecule has 6 heteroatoms. The van der Waals surface area contributed by atoms with E-state index in [0.717, 1.165) is 45.7 Å². The second-order valence-corrected chi connectivity index (χ2v) is 7.79. The average molecular weight is 410 g/mol. The Hall–Kier alpha value is -3.77. The zero-order valence-electron chi connectivity index (χ0n) is 16.9. The number of benzene rings is 3. The van der Waals surface area contributed by atoms with Gasteiger partial charge in [0.05, 0.1) is 11.3 Å². The molecule has 0 saturated carbocycles. The van der Waals surface area contributed by atoms with Gasteiger partial charge in [-0.15, -0.1) is 0 Å². The first kappa shape index (κ1) is 19.2. The lowest BCUT2D eigenvalue weighted by atomic mass is 9.89. The van der Waals surface area contributed by atoms with Crippen molar-refractivity contribution in [1.82, 2.24) is 4.98 Å². The molecule has 6 nitrogen and oxygen atoms in total. The highest BCUT2D eigenvalue weighted by molar-refractivity contribution is 6.13. The number of H-pyrrole nitrogens is 1. The van der Waals surface area contributed by atoms with Gasteiger partial charge in [0, 0.05) is 24.2 Å². The molecule has 0 radical (unpaired) electrons. The minimum Gasteiger partial charge on any atom is -0.508 e. The molecule has 0 atom stereocenters. The minimum absolute atomic E-state index is 0.00603. The minimum atomic E-state index is -0.126. The molecule has 3 aromatic carbocycles. The van der Waals surface area contributed by atoms with Crippen LogP contribution in [0, 0.1) is 0 Å². The van der Waals surface area contributed by atoms with Crippen LogP contribution in [-0.4, -0.2) is 29.1 Å². The Balaban J connectivity index is 1.84. The molecule has 0 saturated heterocycles. The van der Waals surface area contributed by atoms with Crippen molar-refractivity contribution in [2.75, 3.05) is 6.54 Å². The summed E-state index contributed by atoms with van der Waals surface area (Å²) in [6.45, 7) is 0.604. The molecule has 4 N–H and O–H groups in total. The van der Waals surface area contributed by atoms with Crippen LogP contribution in [-0.2, 0) is 6.42 Å². The van der Waals surface area contributed by atoms with Crippen molar-refractivity contribution in [3.8, 4) is 16.9 Å². The third-order valence-corrected chi connectivity index (χ3v) is 5.85. The van der Waals surface area contributed by atoms with Crippen LogP contribution in [0.25, 0.3) is 32.7 Å². The SMILES string of the molecule is NCCCc1cc2c(-c3ccc(O)cc3)c[nH]c(=O)c2c2cc(C3C=NN=C3)ccc12. The van der Waals surface area contributed by atoms with Crippen molar-refractivity contribution in [2.45, 2.75) is 18.8 Å². The van der Waals surface area contributed by atoms with E-state index in [9.17, 15) is 9.90 Å². The quantitative estimate of drug-likeness (QED) is 0.432. The molecule has 0 unspecified atom stereocenters. The number of fused-ring (bicyclic) bond motifs is 3. The van der Waals surface area contributed by atoms with E-state index in [1.807, 2.05) is 12.1 Å². The van der Waals surface area contributed by atoms with Gasteiger partial charge in [-0.2, -0.15) is 10.2 Å². The maximum atomic E-state index is 13.0. The number of nitrogens with one attached hydrogen (secondary N) is 1. The van der Waals surface area contributed by atoms with E-state index in [4.69, 9.17) is 5.73 Å². The topological polar surface area (TPSA) is 104 Å². The molecule has 1 aromatic heterocycles. The van der Waals surface area contributed by atoms with Gasteiger partial charge in [-0.25, -0.2) is 0 Å². The van der Waals surface area contributed by atoms with Crippen LogP contribution in [0.15, 0.2) is 69.7 Å². The van der Waals surface area contributed by atoms with E-state index in [2.05, 4.69) is 39.5 Å².